The Morgan fingerprint density at radius 2 is 2.33 bits per heavy atom. The summed E-state index contributed by atoms with van der Waals surface area (Å²) in [6.07, 6.45) is 1.27. The van der Waals surface area contributed by atoms with Crippen molar-refractivity contribution < 1.29 is 9.63 Å². The van der Waals surface area contributed by atoms with Gasteiger partial charge in [0.05, 0.1) is 13.2 Å². The van der Waals surface area contributed by atoms with E-state index in [-0.39, 0.29) is 5.91 Å². The van der Waals surface area contributed by atoms with Gasteiger partial charge in [0.2, 0.25) is 5.91 Å². The first kappa shape index (κ1) is 9.48. The summed E-state index contributed by atoms with van der Waals surface area (Å²) in [6, 6.07) is 0. The number of rotatable bonds is 2. The van der Waals surface area contributed by atoms with Gasteiger partial charge in [-0.15, -0.1) is 0 Å². The number of hydroxylamine groups is 2. The smallest absolute Gasteiger partial charge is 0.247 e. The minimum atomic E-state index is -0.441. The zero-order valence-electron chi connectivity index (χ0n) is 7.67. The summed E-state index contributed by atoms with van der Waals surface area (Å²) in [5.41, 5.74) is 5.26. The van der Waals surface area contributed by atoms with E-state index in [0.717, 1.165) is 6.42 Å². The maximum absolute atomic E-state index is 11.4. The lowest BCUT2D eigenvalue weighted by molar-refractivity contribution is -0.169. The largest absolute Gasteiger partial charge is 0.325 e. The van der Waals surface area contributed by atoms with E-state index in [1.54, 1.807) is 0 Å². The fourth-order valence-electron chi connectivity index (χ4n) is 1.12. The van der Waals surface area contributed by atoms with Crippen molar-refractivity contribution in [2.24, 2.45) is 5.73 Å². The summed E-state index contributed by atoms with van der Waals surface area (Å²) in [5.74, 6) is -0.0139. The molecular weight excluding hydrogens is 156 g/mol. The molecule has 1 fully saturated rings. The highest BCUT2D eigenvalue weighted by Gasteiger charge is 2.24. The second-order valence-corrected chi connectivity index (χ2v) is 3.85. The molecule has 12 heavy (non-hydrogen) atoms. The maximum Gasteiger partial charge on any atom is 0.247 e. The quantitative estimate of drug-likeness (QED) is 0.650. The number of nitrogens with two attached hydrogens (primary N) is 1. The monoisotopic (exact) mass is 172 g/mol. The van der Waals surface area contributed by atoms with Gasteiger partial charge in [0, 0.05) is 12.0 Å². The Kier molecular flexibility index (Phi) is 2.69. The summed E-state index contributed by atoms with van der Waals surface area (Å²) in [4.78, 5) is 16.5. The van der Waals surface area contributed by atoms with Crippen molar-refractivity contribution >= 4 is 5.91 Å². The normalized spacial score (nSPS) is 18.4. The highest BCUT2D eigenvalue weighted by atomic mass is 16.7. The number of carbonyl (C=O) groups excluding carboxylic acids is 1. The number of carbonyl (C=O) groups is 1. The predicted octanol–water partition coefficient (Wildman–Crippen LogP) is 0.278. The average molecular weight is 172 g/mol. The van der Waals surface area contributed by atoms with Gasteiger partial charge in [-0.25, -0.2) is 5.06 Å². The fourth-order valence-corrected chi connectivity index (χ4v) is 1.12. The van der Waals surface area contributed by atoms with Crippen LogP contribution in [-0.2, 0) is 9.63 Å². The molecule has 1 amide bonds. The first-order valence-electron chi connectivity index (χ1n) is 4.21. The van der Waals surface area contributed by atoms with E-state index in [2.05, 4.69) is 0 Å². The first-order chi connectivity index (χ1) is 5.49. The molecule has 0 aromatic carbocycles. The van der Waals surface area contributed by atoms with Crippen LogP contribution in [0.2, 0.25) is 0 Å². The molecule has 70 valence electrons. The second-order valence-electron chi connectivity index (χ2n) is 3.85. The van der Waals surface area contributed by atoms with Crippen LogP contribution >= 0.6 is 0 Å². The number of amides is 1. The topological polar surface area (TPSA) is 55.6 Å². The molecule has 2 N–H and O–H groups in total. The molecule has 1 aliphatic heterocycles. The lowest BCUT2D eigenvalue weighted by atomic mass is 10.0. The minimum Gasteiger partial charge on any atom is -0.325 e. The van der Waals surface area contributed by atoms with E-state index in [9.17, 15) is 4.79 Å². The van der Waals surface area contributed by atoms with Crippen molar-refractivity contribution in [2.45, 2.75) is 32.2 Å². The molecule has 0 aromatic heterocycles. The van der Waals surface area contributed by atoms with Crippen LogP contribution in [0.15, 0.2) is 0 Å². The molecule has 1 aliphatic rings. The van der Waals surface area contributed by atoms with Gasteiger partial charge in [0.15, 0.2) is 0 Å². The highest BCUT2D eigenvalue weighted by Crippen LogP contribution is 2.11. The molecule has 0 unspecified atom stereocenters. The van der Waals surface area contributed by atoms with Crippen LogP contribution in [0.1, 0.15) is 26.7 Å². The molecule has 0 radical (unpaired) electrons. The maximum atomic E-state index is 11.4. The van der Waals surface area contributed by atoms with E-state index in [1.807, 2.05) is 13.8 Å². The first-order valence-corrected chi connectivity index (χ1v) is 4.21. The highest BCUT2D eigenvalue weighted by molar-refractivity contribution is 5.76. The molecule has 0 bridgehead atoms. The van der Waals surface area contributed by atoms with Gasteiger partial charge >= 0.3 is 0 Å². The van der Waals surface area contributed by atoms with Gasteiger partial charge in [-0.1, -0.05) is 0 Å². The van der Waals surface area contributed by atoms with Gasteiger partial charge in [0.25, 0.3) is 0 Å². The predicted molar refractivity (Wildman–Crippen MR) is 45.2 cm³/mol. The van der Waals surface area contributed by atoms with E-state index in [0.29, 0.717) is 19.6 Å². The van der Waals surface area contributed by atoms with Crippen LogP contribution in [0.25, 0.3) is 0 Å². The average Bonchev–Trinajstić information content (AvgIpc) is 2.32. The van der Waals surface area contributed by atoms with Crippen LogP contribution in [0, 0.1) is 0 Å². The molecule has 1 rings (SSSR count). The Balaban J connectivity index is 2.37. The number of hydrogen-bond donors (Lipinski definition) is 1. The standard InChI is InChI=1S/C8H16N2O2/c1-8(2,9)6-7(11)10-4-3-5-12-10/h3-6,9H2,1-2H3. The van der Waals surface area contributed by atoms with Gasteiger partial charge in [-0.05, 0) is 20.3 Å². The minimum absolute atomic E-state index is 0.0139. The number of hydrogen-bond acceptors (Lipinski definition) is 3. The Morgan fingerprint density at radius 3 is 2.75 bits per heavy atom. The lowest BCUT2D eigenvalue weighted by Gasteiger charge is -2.21. The van der Waals surface area contributed by atoms with Gasteiger partial charge in [-0.3, -0.25) is 9.63 Å². The third-order valence-electron chi connectivity index (χ3n) is 1.64. The van der Waals surface area contributed by atoms with Crippen LogP contribution in [0.5, 0.6) is 0 Å². The van der Waals surface area contributed by atoms with Crippen molar-refractivity contribution in [3.05, 3.63) is 0 Å². The van der Waals surface area contributed by atoms with Crippen LogP contribution < -0.4 is 5.73 Å². The van der Waals surface area contributed by atoms with Gasteiger partial charge < -0.3 is 5.73 Å². The molecule has 4 nitrogen and oxygen atoms in total. The third-order valence-corrected chi connectivity index (χ3v) is 1.64. The Hall–Kier alpha value is -0.610. The van der Waals surface area contributed by atoms with Crippen molar-refractivity contribution in [1.29, 1.82) is 0 Å². The second kappa shape index (κ2) is 3.41. The molecule has 1 heterocycles. The Morgan fingerprint density at radius 1 is 1.67 bits per heavy atom. The summed E-state index contributed by atoms with van der Waals surface area (Å²) in [6.45, 7) is 5.02. The molecule has 0 spiro atoms. The summed E-state index contributed by atoms with van der Waals surface area (Å²) >= 11 is 0. The van der Waals surface area contributed by atoms with Crippen molar-refractivity contribution in [3.63, 3.8) is 0 Å². The van der Waals surface area contributed by atoms with Crippen LogP contribution in [0.3, 0.4) is 0 Å². The number of nitrogens with zero attached hydrogens (tertiary/aromatic N) is 1. The van der Waals surface area contributed by atoms with Crippen molar-refractivity contribution in [1.82, 2.24) is 5.06 Å². The zero-order valence-corrected chi connectivity index (χ0v) is 7.67. The van der Waals surface area contributed by atoms with Crippen molar-refractivity contribution in [3.8, 4) is 0 Å². The van der Waals surface area contributed by atoms with E-state index in [1.165, 1.54) is 5.06 Å². The Labute approximate surface area is 72.6 Å². The SMILES string of the molecule is CC(C)(N)CC(=O)N1CCCO1. The van der Waals surface area contributed by atoms with E-state index in [4.69, 9.17) is 10.6 Å². The molecule has 0 aliphatic carbocycles. The lowest BCUT2D eigenvalue weighted by Crippen LogP contribution is -2.39. The van der Waals surface area contributed by atoms with Crippen LogP contribution in [-0.4, -0.2) is 29.7 Å². The molecule has 1 saturated heterocycles. The van der Waals surface area contributed by atoms with Crippen LogP contribution in [0.4, 0.5) is 0 Å². The molecule has 4 heteroatoms. The summed E-state index contributed by atoms with van der Waals surface area (Å²) in [5, 5.41) is 1.41. The summed E-state index contributed by atoms with van der Waals surface area (Å²) < 4.78 is 0. The zero-order chi connectivity index (χ0) is 9.19. The fraction of sp³-hybridized carbons (Fsp3) is 0.875. The van der Waals surface area contributed by atoms with E-state index >= 15 is 0 Å². The molecule has 0 atom stereocenters. The van der Waals surface area contributed by atoms with Crippen molar-refractivity contribution in [2.75, 3.05) is 13.2 Å². The van der Waals surface area contributed by atoms with Gasteiger partial charge in [0.1, 0.15) is 0 Å². The third kappa shape index (κ3) is 2.79. The molecular formula is C8H16N2O2. The Bertz CT molecular complexity index is 168. The van der Waals surface area contributed by atoms with Gasteiger partial charge in [-0.2, -0.15) is 0 Å². The molecule has 0 saturated carbocycles. The van der Waals surface area contributed by atoms with E-state index < -0.39 is 5.54 Å². The molecule has 0 aromatic rings. The summed E-state index contributed by atoms with van der Waals surface area (Å²) in [7, 11) is 0.